The Morgan fingerprint density at radius 3 is 1.80 bits per heavy atom. The lowest BCUT2D eigenvalue weighted by molar-refractivity contribution is -0.139. The second kappa shape index (κ2) is 13.1. The molecule has 30 heavy (non-hydrogen) atoms. The zero-order valence-corrected chi connectivity index (χ0v) is 17.8. The molecule has 0 N–H and O–H groups in total. The normalized spacial score (nSPS) is 10.7. The van der Waals surface area contributed by atoms with Crippen molar-refractivity contribution in [1.82, 2.24) is 0 Å². The van der Waals surface area contributed by atoms with Gasteiger partial charge in [-0.15, -0.1) is 0 Å². The van der Waals surface area contributed by atoms with Crippen LogP contribution in [0, 0.1) is 0 Å². The third kappa shape index (κ3) is 8.90. The number of hydrogen-bond acceptors (Lipinski definition) is 6. The largest absolute Gasteiger partial charge is 0.494 e. The summed E-state index contributed by atoms with van der Waals surface area (Å²) in [6, 6.07) is 15.0. The van der Waals surface area contributed by atoms with E-state index in [4.69, 9.17) is 14.2 Å². The molecule has 0 spiro atoms. The fourth-order valence-electron chi connectivity index (χ4n) is 2.54. The molecular formula is C24H30N2O4. The highest BCUT2D eigenvalue weighted by Crippen LogP contribution is 2.23. The Labute approximate surface area is 178 Å². The molecule has 0 aliphatic carbocycles. The van der Waals surface area contributed by atoms with Crippen molar-refractivity contribution >= 4 is 17.3 Å². The lowest BCUT2D eigenvalue weighted by atomic mass is 10.2. The summed E-state index contributed by atoms with van der Waals surface area (Å²) in [5.74, 6) is 1.32. The van der Waals surface area contributed by atoms with E-state index in [0.717, 1.165) is 48.6 Å². The van der Waals surface area contributed by atoms with E-state index in [-0.39, 0.29) is 5.97 Å². The number of hydrogen-bond donors (Lipinski definition) is 0. The maximum atomic E-state index is 11.2. The van der Waals surface area contributed by atoms with Gasteiger partial charge in [0.05, 0.1) is 31.2 Å². The van der Waals surface area contributed by atoms with Gasteiger partial charge in [0, 0.05) is 5.57 Å². The van der Waals surface area contributed by atoms with E-state index in [1.807, 2.05) is 55.5 Å². The Balaban J connectivity index is 1.62. The molecule has 0 radical (unpaired) electrons. The van der Waals surface area contributed by atoms with E-state index in [2.05, 4.69) is 16.8 Å². The first kappa shape index (κ1) is 23.1. The number of unbranched alkanes of at least 4 members (excludes halogenated alkanes) is 3. The molecule has 0 unspecified atom stereocenters. The summed E-state index contributed by atoms with van der Waals surface area (Å²) < 4.78 is 16.2. The van der Waals surface area contributed by atoms with Crippen molar-refractivity contribution in [2.45, 2.75) is 39.5 Å². The van der Waals surface area contributed by atoms with E-state index in [1.54, 1.807) is 6.92 Å². The van der Waals surface area contributed by atoms with E-state index in [1.165, 1.54) is 0 Å². The predicted molar refractivity (Wildman–Crippen MR) is 118 cm³/mol. The predicted octanol–water partition coefficient (Wildman–Crippen LogP) is 6.56. The van der Waals surface area contributed by atoms with Crippen molar-refractivity contribution in [3.05, 3.63) is 60.7 Å². The lowest BCUT2D eigenvalue weighted by Crippen LogP contribution is -2.06. The number of benzene rings is 2. The van der Waals surface area contributed by atoms with Crippen molar-refractivity contribution in [2.75, 3.05) is 19.8 Å². The Kier molecular flexibility index (Phi) is 10.1. The third-order valence-electron chi connectivity index (χ3n) is 4.15. The van der Waals surface area contributed by atoms with Crippen LogP contribution in [0.5, 0.6) is 11.5 Å². The minimum atomic E-state index is -0.319. The molecule has 0 saturated carbocycles. The van der Waals surface area contributed by atoms with Crippen molar-refractivity contribution < 1.29 is 19.0 Å². The summed E-state index contributed by atoms with van der Waals surface area (Å²) in [7, 11) is 0. The highest BCUT2D eigenvalue weighted by atomic mass is 16.5. The second-order valence-corrected chi connectivity index (χ2v) is 6.80. The SMILES string of the molecule is C=C(C)C(=O)OCCCCCCOc1ccc(N=Nc2ccc(OCC)cc2)cc1. The summed E-state index contributed by atoms with van der Waals surface area (Å²) in [4.78, 5) is 11.2. The highest BCUT2D eigenvalue weighted by molar-refractivity contribution is 5.86. The first-order valence-electron chi connectivity index (χ1n) is 10.3. The van der Waals surface area contributed by atoms with Crippen LogP contribution < -0.4 is 9.47 Å². The standard InChI is InChI=1S/C24H30N2O4/c1-4-28-22-13-9-20(10-14-22)25-26-21-11-15-23(16-12-21)29-17-7-5-6-8-18-30-24(27)19(2)3/h9-16H,2,4-8,17-18H2,1,3H3. The number of ether oxygens (including phenoxy) is 3. The number of nitrogens with zero attached hydrogens (tertiary/aromatic N) is 2. The van der Waals surface area contributed by atoms with Crippen molar-refractivity contribution in [2.24, 2.45) is 10.2 Å². The van der Waals surface area contributed by atoms with Crippen molar-refractivity contribution in [3.8, 4) is 11.5 Å². The average molecular weight is 411 g/mol. The third-order valence-corrected chi connectivity index (χ3v) is 4.15. The van der Waals surface area contributed by atoms with Gasteiger partial charge in [0.2, 0.25) is 0 Å². The van der Waals surface area contributed by atoms with Gasteiger partial charge in [-0.2, -0.15) is 10.2 Å². The first-order chi connectivity index (χ1) is 14.6. The van der Waals surface area contributed by atoms with Gasteiger partial charge in [0.1, 0.15) is 11.5 Å². The van der Waals surface area contributed by atoms with Gasteiger partial charge in [0.25, 0.3) is 0 Å². The highest BCUT2D eigenvalue weighted by Gasteiger charge is 2.02. The maximum Gasteiger partial charge on any atom is 0.333 e. The van der Waals surface area contributed by atoms with E-state index in [9.17, 15) is 4.79 Å². The van der Waals surface area contributed by atoms with Crippen LogP contribution in [0.25, 0.3) is 0 Å². The molecule has 2 aromatic rings. The van der Waals surface area contributed by atoms with E-state index in [0.29, 0.717) is 25.4 Å². The minimum absolute atomic E-state index is 0.319. The smallest absolute Gasteiger partial charge is 0.333 e. The van der Waals surface area contributed by atoms with Gasteiger partial charge in [-0.25, -0.2) is 4.79 Å². The Hall–Kier alpha value is -3.15. The zero-order valence-electron chi connectivity index (χ0n) is 17.8. The molecule has 2 aromatic carbocycles. The number of rotatable bonds is 13. The summed E-state index contributed by atoms with van der Waals surface area (Å²) >= 11 is 0. The molecule has 6 heteroatoms. The fraction of sp³-hybridized carbons (Fsp3) is 0.375. The van der Waals surface area contributed by atoms with Crippen molar-refractivity contribution in [1.29, 1.82) is 0 Å². The Morgan fingerprint density at radius 1 is 0.800 bits per heavy atom. The van der Waals surface area contributed by atoms with Gasteiger partial charge in [-0.05, 0) is 88.1 Å². The van der Waals surface area contributed by atoms with Gasteiger partial charge in [-0.3, -0.25) is 0 Å². The minimum Gasteiger partial charge on any atom is -0.494 e. The molecule has 0 fully saturated rings. The molecule has 0 amide bonds. The summed E-state index contributed by atoms with van der Waals surface area (Å²) in [6.45, 7) is 8.89. The van der Waals surface area contributed by atoms with Crippen LogP contribution in [0.4, 0.5) is 11.4 Å². The molecule has 0 saturated heterocycles. The maximum absolute atomic E-state index is 11.2. The average Bonchev–Trinajstić information content (AvgIpc) is 2.76. The van der Waals surface area contributed by atoms with Crippen LogP contribution in [0.3, 0.4) is 0 Å². The first-order valence-corrected chi connectivity index (χ1v) is 10.3. The lowest BCUT2D eigenvalue weighted by Gasteiger charge is -2.07. The van der Waals surface area contributed by atoms with Crippen LogP contribution in [0.2, 0.25) is 0 Å². The summed E-state index contributed by atoms with van der Waals surface area (Å²) in [5.41, 5.74) is 1.97. The monoisotopic (exact) mass is 410 g/mol. The number of carbonyl (C=O) groups excluding carboxylic acids is 1. The molecule has 0 heterocycles. The zero-order chi connectivity index (χ0) is 21.6. The van der Waals surface area contributed by atoms with Crippen LogP contribution in [-0.2, 0) is 9.53 Å². The van der Waals surface area contributed by atoms with Crippen LogP contribution in [0.15, 0.2) is 70.9 Å². The number of carbonyl (C=O) groups is 1. The quantitative estimate of drug-likeness (QED) is 0.162. The molecular weight excluding hydrogens is 380 g/mol. The van der Waals surface area contributed by atoms with Gasteiger partial charge in [-0.1, -0.05) is 6.58 Å². The molecule has 2 rings (SSSR count). The molecule has 0 aliphatic rings. The van der Waals surface area contributed by atoms with E-state index < -0.39 is 0 Å². The molecule has 0 atom stereocenters. The van der Waals surface area contributed by atoms with Crippen LogP contribution in [0.1, 0.15) is 39.5 Å². The van der Waals surface area contributed by atoms with Crippen molar-refractivity contribution in [3.63, 3.8) is 0 Å². The van der Waals surface area contributed by atoms with Gasteiger partial charge >= 0.3 is 5.97 Å². The van der Waals surface area contributed by atoms with Gasteiger partial charge < -0.3 is 14.2 Å². The molecule has 0 aliphatic heterocycles. The van der Waals surface area contributed by atoms with Crippen LogP contribution in [-0.4, -0.2) is 25.8 Å². The summed E-state index contributed by atoms with van der Waals surface area (Å²) in [5, 5.41) is 8.47. The fourth-order valence-corrected chi connectivity index (χ4v) is 2.54. The van der Waals surface area contributed by atoms with Gasteiger partial charge in [0.15, 0.2) is 0 Å². The Morgan fingerprint density at radius 2 is 1.30 bits per heavy atom. The van der Waals surface area contributed by atoms with E-state index >= 15 is 0 Å². The molecule has 0 bridgehead atoms. The topological polar surface area (TPSA) is 69.5 Å². The number of esters is 1. The Bertz CT molecular complexity index is 814. The molecule has 160 valence electrons. The molecule has 6 nitrogen and oxygen atoms in total. The number of azo groups is 1. The second-order valence-electron chi connectivity index (χ2n) is 6.80. The summed E-state index contributed by atoms with van der Waals surface area (Å²) in [6.07, 6.45) is 3.83. The van der Waals surface area contributed by atoms with Crippen LogP contribution >= 0.6 is 0 Å². The molecule has 0 aromatic heterocycles.